The quantitative estimate of drug-likeness (QED) is 0.402. The molecule has 9 heteroatoms. The molecule has 1 N–H and O–H groups in total. The van der Waals surface area contributed by atoms with E-state index in [-0.39, 0.29) is 23.7 Å². The van der Waals surface area contributed by atoms with Crippen LogP contribution in [0.5, 0.6) is 5.75 Å². The van der Waals surface area contributed by atoms with Gasteiger partial charge >= 0.3 is 0 Å². The Morgan fingerprint density at radius 3 is 2.83 bits per heavy atom. The number of rotatable bonds is 7. The van der Waals surface area contributed by atoms with E-state index in [1.807, 2.05) is 13.1 Å². The number of nitrogens with zero attached hydrogens (tertiary/aromatic N) is 3. The summed E-state index contributed by atoms with van der Waals surface area (Å²) in [5.74, 6) is 0.0780. The molecule has 1 amide bonds. The minimum Gasteiger partial charge on any atom is -0.494 e. The van der Waals surface area contributed by atoms with Crippen LogP contribution in [0.15, 0.2) is 24.4 Å². The first kappa shape index (κ1) is 18.2. The van der Waals surface area contributed by atoms with E-state index in [0.29, 0.717) is 18.9 Å². The number of nitro benzene ring substituents is 1. The number of nitro groups is 1. The number of amides is 1. The van der Waals surface area contributed by atoms with E-state index in [9.17, 15) is 14.9 Å². The molecule has 0 aliphatic heterocycles. The number of carbonyl (C=O) groups excluding carboxylic acids is 1. The van der Waals surface area contributed by atoms with Gasteiger partial charge in [-0.3, -0.25) is 19.6 Å². The van der Waals surface area contributed by atoms with Crippen LogP contribution < -0.4 is 10.1 Å². The Labute approximate surface area is 152 Å². The molecule has 2 rings (SSSR count). The van der Waals surface area contributed by atoms with E-state index < -0.39 is 4.92 Å². The molecule has 0 radical (unpaired) electrons. The van der Waals surface area contributed by atoms with Gasteiger partial charge in [0.2, 0.25) is 5.91 Å². The van der Waals surface area contributed by atoms with Crippen LogP contribution in [0.2, 0.25) is 0 Å². The lowest BCUT2D eigenvalue weighted by Crippen LogP contribution is -2.15. The molecule has 128 valence electrons. The summed E-state index contributed by atoms with van der Waals surface area (Å²) in [7, 11) is 0. The van der Waals surface area contributed by atoms with Gasteiger partial charge in [-0.1, -0.05) is 0 Å². The first-order valence-electron chi connectivity index (χ1n) is 7.31. The summed E-state index contributed by atoms with van der Waals surface area (Å²) in [4.78, 5) is 22.7. The topological polar surface area (TPSA) is 99.3 Å². The van der Waals surface area contributed by atoms with Gasteiger partial charge in [-0.05, 0) is 48.6 Å². The van der Waals surface area contributed by atoms with Crippen LogP contribution in [-0.4, -0.2) is 27.2 Å². The van der Waals surface area contributed by atoms with Gasteiger partial charge in [0.1, 0.15) is 11.4 Å². The monoisotopic (exact) mass is 444 g/mol. The molecule has 0 saturated heterocycles. The number of hydrogen-bond acceptors (Lipinski definition) is 5. The maximum absolute atomic E-state index is 12.1. The van der Waals surface area contributed by atoms with Crippen molar-refractivity contribution in [1.29, 1.82) is 0 Å². The van der Waals surface area contributed by atoms with Crippen molar-refractivity contribution < 1.29 is 14.5 Å². The van der Waals surface area contributed by atoms with E-state index in [0.717, 1.165) is 9.26 Å². The zero-order chi connectivity index (χ0) is 17.7. The second kappa shape index (κ2) is 8.08. The van der Waals surface area contributed by atoms with Crippen LogP contribution >= 0.6 is 22.6 Å². The summed E-state index contributed by atoms with van der Waals surface area (Å²) in [5, 5.41) is 18.0. The molecule has 0 saturated carbocycles. The van der Waals surface area contributed by atoms with E-state index >= 15 is 0 Å². The Kier molecular flexibility index (Phi) is 6.12. The van der Waals surface area contributed by atoms with E-state index in [1.54, 1.807) is 17.7 Å². The number of hydrogen-bond donors (Lipinski definition) is 1. The SMILES string of the molecule is CCOc1ccc(NC(=O)CCn2cc(I)c(C)n2)c([N+](=O)[O-])c1. The van der Waals surface area contributed by atoms with Crippen molar-refractivity contribution in [2.75, 3.05) is 11.9 Å². The fourth-order valence-electron chi connectivity index (χ4n) is 2.06. The molecule has 24 heavy (non-hydrogen) atoms. The Hall–Kier alpha value is -2.17. The number of ether oxygens (including phenoxy) is 1. The third-order valence-electron chi connectivity index (χ3n) is 3.21. The van der Waals surface area contributed by atoms with Gasteiger partial charge in [0.05, 0.1) is 26.9 Å². The number of aromatic nitrogens is 2. The lowest BCUT2D eigenvalue weighted by atomic mass is 10.2. The van der Waals surface area contributed by atoms with Crippen molar-refractivity contribution in [2.24, 2.45) is 0 Å². The van der Waals surface area contributed by atoms with Crippen LogP contribution in [0.3, 0.4) is 0 Å². The van der Waals surface area contributed by atoms with Crippen LogP contribution in [0.25, 0.3) is 0 Å². The molecular weight excluding hydrogens is 427 g/mol. The summed E-state index contributed by atoms with van der Waals surface area (Å²) in [5.41, 5.74) is 0.858. The highest BCUT2D eigenvalue weighted by molar-refractivity contribution is 14.1. The largest absolute Gasteiger partial charge is 0.494 e. The Balaban J connectivity index is 2.03. The molecule has 0 atom stereocenters. The fourth-order valence-corrected chi connectivity index (χ4v) is 2.49. The van der Waals surface area contributed by atoms with E-state index in [4.69, 9.17) is 4.74 Å². The number of benzene rings is 1. The van der Waals surface area contributed by atoms with Gasteiger partial charge < -0.3 is 10.1 Å². The Bertz CT molecular complexity index is 740. The summed E-state index contributed by atoms with van der Waals surface area (Å²) >= 11 is 2.17. The predicted octanol–water partition coefficient (Wildman–Crippen LogP) is 3.13. The number of aryl methyl sites for hydroxylation is 2. The van der Waals surface area contributed by atoms with Crippen LogP contribution in [0, 0.1) is 20.6 Å². The van der Waals surface area contributed by atoms with Gasteiger partial charge in [-0.15, -0.1) is 0 Å². The van der Waals surface area contributed by atoms with Gasteiger partial charge in [0.25, 0.3) is 5.69 Å². The molecule has 0 bridgehead atoms. The molecule has 0 fully saturated rings. The van der Waals surface area contributed by atoms with Crippen molar-refractivity contribution in [2.45, 2.75) is 26.8 Å². The van der Waals surface area contributed by atoms with Crippen LogP contribution in [0.1, 0.15) is 19.0 Å². The highest BCUT2D eigenvalue weighted by Crippen LogP contribution is 2.29. The lowest BCUT2D eigenvalue weighted by Gasteiger charge is -2.08. The van der Waals surface area contributed by atoms with Crippen molar-refractivity contribution in [3.63, 3.8) is 0 Å². The van der Waals surface area contributed by atoms with Crippen molar-refractivity contribution in [3.8, 4) is 5.75 Å². The van der Waals surface area contributed by atoms with Crippen LogP contribution in [0.4, 0.5) is 11.4 Å². The fraction of sp³-hybridized carbons (Fsp3) is 0.333. The number of halogens is 1. The molecular formula is C15H17IN4O4. The molecule has 2 aromatic rings. The Morgan fingerprint density at radius 2 is 2.25 bits per heavy atom. The van der Waals surface area contributed by atoms with E-state index in [1.165, 1.54) is 12.1 Å². The third kappa shape index (κ3) is 4.66. The average Bonchev–Trinajstić information content (AvgIpc) is 2.85. The van der Waals surface area contributed by atoms with Crippen molar-refractivity contribution >= 4 is 39.9 Å². The van der Waals surface area contributed by atoms with Crippen molar-refractivity contribution in [3.05, 3.63) is 43.8 Å². The predicted molar refractivity (Wildman–Crippen MR) is 97.2 cm³/mol. The van der Waals surface area contributed by atoms with Gasteiger partial charge in [0.15, 0.2) is 0 Å². The highest BCUT2D eigenvalue weighted by atomic mass is 127. The normalized spacial score (nSPS) is 10.5. The number of nitrogens with one attached hydrogen (secondary N) is 1. The smallest absolute Gasteiger partial charge is 0.296 e. The molecule has 1 aromatic carbocycles. The number of carbonyl (C=O) groups is 1. The average molecular weight is 444 g/mol. The summed E-state index contributed by atoms with van der Waals surface area (Å²) in [6.07, 6.45) is 2.02. The Morgan fingerprint density at radius 1 is 1.50 bits per heavy atom. The van der Waals surface area contributed by atoms with E-state index in [2.05, 4.69) is 33.0 Å². The first-order chi connectivity index (χ1) is 11.4. The summed E-state index contributed by atoms with van der Waals surface area (Å²) < 4.78 is 7.95. The second-order valence-electron chi connectivity index (χ2n) is 4.99. The molecule has 0 aliphatic carbocycles. The first-order valence-corrected chi connectivity index (χ1v) is 8.39. The maximum Gasteiger partial charge on any atom is 0.296 e. The van der Waals surface area contributed by atoms with Gasteiger partial charge in [-0.25, -0.2) is 0 Å². The minimum atomic E-state index is -0.544. The minimum absolute atomic E-state index is 0.152. The molecule has 8 nitrogen and oxygen atoms in total. The molecule has 0 unspecified atom stereocenters. The van der Waals surface area contributed by atoms with Gasteiger partial charge in [0, 0.05) is 19.2 Å². The highest BCUT2D eigenvalue weighted by Gasteiger charge is 2.17. The molecule has 0 aliphatic rings. The summed E-state index contributed by atoms with van der Waals surface area (Å²) in [6, 6.07) is 4.37. The van der Waals surface area contributed by atoms with Crippen LogP contribution in [-0.2, 0) is 11.3 Å². The molecule has 1 heterocycles. The summed E-state index contributed by atoms with van der Waals surface area (Å²) in [6.45, 7) is 4.49. The standard InChI is InChI=1S/C15H17IN4O4/c1-3-24-11-4-5-13(14(8-11)20(22)23)17-15(21)6-7-19-9-12(16)10(2)18-19/h4-5,8-9H,3,6-7H2,1-2H3,(H,17,21). The molecule has 0 spiro atoms. The van der Waals surface area contributed by atoms with Gasteiger partial charge in [-0.2, -0.15) is 5.10 Å². The van der Waals surface area contributed by atoms with Crippen molar-refractivity contribution in [1.82, 2.24) is 9.78 Å². The zero-order valence-electron chi connectivity index (χ0n) is 13.3. The third-order valence-corrected chi connectivity index (χ3v) is 4.26. The maximum atomic E-state index is 12.1. The lowest BCUT2D eigenvalue weighted by molar-refractivity contribution is -0.384. The number of anilines is 1. The molecule has 1 aromatic heterocycles. The second-order valence-corrected chi connectivity index (χ2v) is 6.15. The zero-order valence-corrected chi connectivity index (χ0v) is 15.4.